The molecule has 2 aromatic carbocycles. The van der Waals surface area contributed by atoms with Gasteiger partial charge in [0.1, 0.15) is 0 Å². The minimum absolute atomic E-state index is 0.306. The zero-order valence-electron chi connectivity index (χ0n) is 17.9. The first kappa shape index (κ1) is 22.1. The summed E-state index contributed by atoms with van der Waals surface area (Å²) in [5.41, 5.74) is -0.200. The summed E-state index contributed by atoms with van der Waals surface area (Å²) in [6, 6.07) is 20.5. The average Bonchev–Trinajstić information content (AvgIpc) is 2.72. The molecule has 4 heteroatoms. The van der Waals surface area contributed by atoms with Crippen LogP contribution >= 0.6 is 0 Å². The summed E-state index contributed by atoms with van der Waals surface area (Å²) in [6.45, 7) is 10.3. The van der Waals surface area contributed by atoms with Gasteiger partial charge in [0.2, 0.25) is 0 Å². The molecule has 1 atom stereocenters. The number of ether oxygens (including phenoxy) is 1. The van der Waals surface area contributed by atoms with Crippen LogP contribution in [0.3, 0.4) is 0 Å². The summed E-state index contributed by atoms with van der Waals surface area (Å²) in [7, 11) is -1.26. The van der Waals surface area contributed by atoms with E-state index in [0.717, 1.165) is 15.9 Å². The van der Waals surface area contributed by atoms with Crippen LogP contribution in [0.5, 0.6) is 0 Å². The van der Waals surface area contributed by atoms with Crippen molar-refractivity contribution in [3.8, 4) is 0 Å². The van der Waals surface area contributed by atoms with Gasteiger partial charge in [-0.1, -0.05) is 87.5 Å². The van der Waals surface area contributed by atoms with Crippen LogP contribution in [0.15, 0.2) is 72.3 Å². The zero-order valence-corrected chi connectivity index (χ0v) is 18.9. The maximum absolute atomic E-state index is 13.1. The van der Waals surface area contributed by atoms with Crippen LogP contribution in [-0.2, 0) is 14.0 Å². The molecule has 0 unspecified atom stereocenters. The van der Waals surface area contributed by atoms with Gasteiger partial charge in [-0.2, -0.15) is 0 Å². The number of allylic oxidation sites excluding steroid dienone is 1. The lowest BCUT2D eigenvalue weighted by Crippen LogP contribution is -2.64. The van der Waals surface area contributed by atoms with Crippen LogP contribution in [-0.4, -0.2) is 27.0 Å². The molecule has 0 radical (unpaired) electrons. The van der Waals surface area contributed by atoms with Gasteiger partial charge in [-0.25, -0.2) is 4.79 Å². The number of carbonyl (C=O) groups excluding carboxylic acids is 1. The zero-order chi connectivity index (χ0) is 20.8. The molecule has 0 aliphatic heterocycles. The summed E-state index contributed by atoms with van der Waals surface area (Å²) < 4.78 is 12.2. The molecule has 28 heavy (non-hydrogen) atoms. The molecule has 0 fully saturated rings. The van der Waals surface area contributed by atoms with Crippen molar-refractivity contribution < 1.29 is 14.0 Å². The lowest BCUT2D eigenvalue weighted by molar-refractivity contribution is -0.156. The Labute approximate surface area is 170 Å². The normalized spacial score (nSPS) is 14.6. The Bertz CT molecular complexity index is 760. The van der Waals surface area contributed by atoms with Crippen molar-refractivity contribution in [2.75, 3.05) is 7.11 Å². The summed E-state index contributed by atoms with van der Waals surface area (Å²) in [5, 5.41) is 2.25. The molecule has 0 spiro atoms. The fraction of sp³-hybridized carbons (Fsp3) is 0.375. The summed E-state index contributed by atoms with van der Waals surface area (Å²) in [4.78, 5) is 13.1. The standard InChI is InChI=1S/C24H32O3Si/c1-7-24(23(25)26-5,20(4)18-19(2)3)27-28(6,21-14-10-8-11-15-21)22-16-12-9-13-17-22/h8-19H,7H2,1-6H3/b20-18+/t24-/m0/s1. The quantitative estimate of drug-likeness (QED) is 0.379. The van der Waals surface area contributed by atoms with Gasteiger partial charge in [-0.3, -0.25) is 0 Å². The van der Waals surface area contributed by atoms with Crippen molar-refractivity contribution in [3.63, 3.8) is 0 Å². The van der Waals surface area contributed by atoms with Gasteiger partial charge in [-0.05, 0) is 41.8 Å². The van der Waals surface area contributed by atoms with Gasteiger partial charge in [0.15, 0.2) is 5.60 Å². The van der Waals surface area contributed by atoms with Crippen LogP contribution in [0, 0.1) is 5.92 Å². The molecule has 0 aliphatic rings. The van der Waals surface area contributed by atoms with E-state index in [1.54, 1.807) is 0 Å². The molecule has 0 aliphatic carbocycles. The second kappa shape index (κ2) is 9.35. The summed E-state index contributed by atoms with van der Waals surface area (Å²) in [5.74, 6) is -0.0319. The highest BCUT2D eigenvalue weighted by atomic mass is 28.4. The van der Waals surface area contributed by atoms with E-state index >= 15 is 0 Å². The van der Waals surface area contributed by atoms with Crippen molar-refractivity contribution in [3.05, 3.63) is 72.3 Å². The number of hydrogen-bond donors (Lipinski definition) is 0. The van der Waals surface area contributed by atoms with E-state index in [0.29, 0.717) is 12.3 Å². The van der Waals surface area contributed by atoms with Crippen molar-refractivity contribution >= 4 is 24.7 Å². The highest BCUT2D eigenvalue weighted by Gasteiger charge is 2.49. The molecule has 0 N–H and O–H groups in total. The molecule has 2 rings (SSSR count). The Hall–Kier alpha value is -2.17. The van der Waals surface area contributed by atoms with E-state index < -0.39 is 13.9 Å². The van der Waals surface area contributed by atoms with Gasteiger partial charge in [0.05, 0.1) is 7.11 Å². The minimum Gasteiger partial charge on any atom is -0.467 e. The Kier molecular flexibility index (Phi) is 7.39. The first-order valence-electron chi connectivity index (χ1n) is 9.88. The Morgan fingerprint density at radius 3 is 1.86 bits per heavy atom. The lowest BCUT2D eigenvalue weighted by atomic mass is 9.90. The largest absolute Gasteiger partial charge is 0.467 e. The third kappa shape index (κ3) is 4.45. The first-order chi connectivity index (χ1) is 13.3. The predicted octanol–water partition coefficient (Wildman–Crippen LogP) is 4.32. The average molecular weight is 397 g/mol. The second-order valence-electron chi connectivity index (χ2n) is 7.63. The Morgan fingerprint density at radius 1 is 1.04 bits per heavy atom. The van der Waals surface area contributed by atoms with Crippen LogP contribution in [0.2, 0.25) is 6.55 Å². The highest BCUT2D eigenvalue weighted by molar-refractivity contribution is 6.96. The number of hydrogen-bond acceptors (Lipinski definition) is 3. The maximum Gasteiger partial charge on any atom is 0.341 e. The van der Waals surface area contributed by atoms with E-state index in [-0.39, 0.29) is 5.97 Å². The van der Waals surface area contributed by atoms with Gasteiger partial charge in [-0.15, -0.1) is 0 Å². The van der Waals surface area contributed by atoms with E-state index in [4.69, 9.17) is 9.16 Å². The van der Waals surface area contributed by atoms with Gasteiger partial charge < -0.3 is 9.16 Å². The first-order valence-corrected chi connectivity index (χ1v) is 12.3. The van der Waals surface area contributed by atoms with Gasteiger partial charge >= 0.3 is 5.97 Å². The molecule has 0 saturated heterocycles. The fourth-order valence-electron chi connectivity index (χ4n) is 3.72. The van der Waals surface area contributed by atoms with E-state index in [9.17, 15) is 4.79 Å². The molecule has 150 valence electrons. The molecule has 0 aromatic heterocycles. The number of rotatable bonds is 8. The van der Waals surface area contributed by atoms with Crippen molar-refractivity contribution in [1.82, 2.24) is 0 Å². The van der Waals surface area contributed by atoms with E-state index in [1.807, 2.05) is 50.2 Å². The SMILES string of the molecule is CC[C@@](O[Si](C)(c1ccccc1)c1ccccc1)(C(=O)OC)/C(C)=C/C(C)C. The van der Waals surface area contributed by atoms with Gasteiger partial charge in [0, 0.05) is 0 Å². The van der Waals surface area contributed by atoms with E-state index in [1.165, 1.54) is 7.11 Å². The number of esters is 1. The Morgan fingerprint density at radius 2 is 1.50 bits per heavy atom. The van der Waals surface area contributed by atoms with Crippen LogP contribution in [0.25, 0.3) is 0 Å². The molecule has 0 amide bonds. The molecule has 3 nitrogen and oxygen atoms in total. The highest BCUT2D eigenvalue weighted by Crippen LogP contribution is 2.32. The smallest absolute Gasteiger partial charge is 0.341 e. The van der Waals surface area contributed by atoms with Gasteiger partial charge in [0.25, 0.3) is 8.32 Å². The molecular weight excluding hydrogens is 364 g/mol. The summed E-state index contributed by atoms with van der Waals surface area (Å²) in [6.07, 6.45) is 2.61. The second-order valence-corrected chi connectivity index (χ2v) is 11.1. The fourth-order valence-corrected chi connectivity index (χ4v) is 7.04. The number of carbonyl (C=O) groups is 1. The monoisotopic (exact) mass is 396 g/mol. The summed E-state index contributed by atoms with van der Waals surface area (Å²) >= 11 is 0. The van der Waals surface area contributed by atoms with Crippen LogP contribution in [0.4, 0.5) is 0 Å². The number of benzene rings is 2. The Balaban J connectivity index is 2.69. The molecular formula is C24H32O3Si. The van der Waals surface area contributed by atoms with Crippen LogP contribution < -0.4 is 10.4 Å². The molecule has 2 aromatic rings. The third-order valence-corrected chi connectivity index (χ3v) is 8.89. The molecule has 0 bridgehead atoms. The topological polar surface area (TPSA) is 35.5 Å². The van der Waals surface area contributed by atoms with Crippen molar-refractivity contribution in [2.24, 2.45) is 5.92 Å². The molecule has 0 heterocycles. The maximum atomic E-state index is 13.1. The lowest BCUT2D eigenvalue weighted by Gasteiger charge is -2.40. The van der Waals surface area contributed by atoms with Crippen molar-refractivity contribution in [1.29, 1.82) is 0 Å². The van der Waals surface area contributed by atoms with Crippen LogP contribution in [0.1, 0.15) is 34.1 Å². The number of methoxy groups -OCH3 is 1. The predicted molar refractivity (Wildman–Crippen MR) is 118 cm³/mol. The third-order valence-electron chi connectivity index (χ3n) is 5.26. The molecule has 0 saturated carbocycles. The van der Waals surface area contributed by atoms with E-state index in [2.05, 4.69) is 50.7 Å². The van der Waals surface area contributed by atoms with Crippen molar-refractivity contribution in [2.45, 2.75) is 46.3 Å². The minimum atomic E-state index is -2.69.